The molecule has 1 heteroatoms. The number of benzene rings is 1. The van der Waals surface area contributed by atoms with Crippen LogP contribution in [0.1, 0.15) is 18.9 Å². The Labute approximate surface area is 90.4 Å². The molecule has 0 aliphatic heterocycles. The molecule has 0 radical (unpaired) electrons. The average Bonchev–Trinajstić information content (AvgIpc) is 2.26. The highest BCUT2D eigenvalue weighted by Crippen LogP contribution is 2.23. The molecule has 0 saturated carbocycles. The van der Waals surface area contributed by atoms with Crippen molar-refractivity contribution in [1.29, 1.82) is 0 Å². The monoisotopic (exact) mass is 202 g/mol. The van der Waals surface area contributed by atoms with Crippen LogP contribution < -0.4 is 0 Å². The number of hydrogen-bond acceptors (Lipinski definition) is 1. The summed E-state index contributed by atoms with van der Waals surface area (Å²) in [6.45, 7) is 2.06. The van der Waals surface area contributed by atoms with E-state index in [9.17, 15) is 0 Å². The van der Waals surface area contributed by atoms with Crippen LogP contribution in [0.2, 0.25) is 0 Å². The zero-order valence-corrected chi connectivity index (χ0v) is 9.40. The van der Waals surface area contributed by atoms with Crippen molar-refractivity contribution in [3.63, 3.8) is 0 Å². The minimum Gasteiger partial charge on any atom is -0.128 e. The Kier molecular flexibility index (Phi) is 4.96. The van der Waals surface area contributed by atoms with E-state index in [4.69, 9.17) is 0 Å². The van der Waals surface area contributed by atoms with Crippen molar-refractivity contribution in [3.05, 3.63) is 42.0 Å². The van der Waals surface area contributed by atoms with Gasteiger partial charge in [0.25, 0.3) is 0 Å². The summed E-state index contributed by atoms with van der Waals surface area (Å²) in [5, 5.41) is 0. The molecule has 0 fully saturated rings. The first-order chi connectivity index (χ1) is 6.88. The van der Waals surface area contributed by atoms with Crippen LogP contribution in [0.5, 0.6) is 0 Å². The predicted molar refractivity (Wildman–Crippen MR) is 66.0 cm³/mol. The van der Waals surface area contributed by atoms with Crippen molar-refractivity contribution in [3.8, 4) is 11.8 Å². The van der Waals surface area contributed by atoms with Gasteiger partial charge in [-0.1, -0.05) is 49.1 Å². The Balaban J connectivity index is 2.87. The summed E-state index contributed by atoms with van der Waals surface area (Å²) < 4.78 is 0. The Morgan fingerprint density at radius 1 is 1.36 bits per heavy atom. The lowest BCUT2D eigenvalue weighted by molar-refractivity contribution is 1.28. The maximum Gasteiger partial charge on any atom is 0.0225 e. The third kappa shape index (κ3) is 3.32. The molecule has 0 heterocycles. The van der Waals surface area contributed by atoms with Crippen LogP contribution in [-0.2, 0) is 0 Å². The fraction of sp³-hybridized carbons (Fsp3) is 0.231. The first kappa shape index (κ1) is 10.9. The molecular weight excluding hydrogens is 188 g/mol. The lowest BCUT2D eigenvalue weighted by Gasteiger charge is -2.00. The minimum atomic E-state index is 0.910. The zero-order chi connectivity index (χ0) is 10.2. The van der Waals surface area contributed by atoms with Gasteiger partial charge in [0.15, 0.2) is 0 Å². The lowest BCUT2D eigenvalue weighted by Crippen LogP contribution is -1.77. The summed E-state index contributed by atoms with van der Waals surface area (Å²) in [4.78, 5) is 1.23. The molecule has 0 aliphatic rings. The molecule has 0 nitrogen and oxygen atoms in total. The normalized spacial score (nSPS) is 10.6. The summed E-state index contributed by atoms with van der Waals surface area (Å²) in [7, 11) is 0. The fourth-order valence-corrected chi connectivity index (χ4v) is 1.63. The largest absolute Gasteiger partial charge is 0.128 e. The molecule has 0 spiro atoms. The summed E-state index contributed by atoms with van der Waals surface area (Å²) in [5.41, 5.74) is 1.24. The van der Waals surface area contributed by atoms with Crippen molar-refractivity contribution in [2.45, 2.75) is 13.3 Å². The van der Waals surface area contributed by atoms with Crippen molar-refractivity contribution in [1.82, 2.24) is 0 Å². The second kappa shape index (κ2) is 6.34. The molecule has 0 N–H and O–H groups in total. The molecule has 1 aromatic rings. The van der Waals surface area contributed by atoms with Crippen molar-refractivity contribution in [2.75, 3.05) is 6.26 Å². The number of allylic oxidation sites excluding steroid dienone is 1. The van der Waals surface area contributed by atoms with Gasteiger partial charge in [-0.2, -0.15) is 0 Å². The predicted octanol–water partition coefficient (Wildman–Crippen LogP) is 3.80. The smallest absolute Gasteiger partial charge is 0.0225 e. The highest BCUT2D eigenvalue weighted by Gasteiger charge is 1.96. The van der Waals surface area contributed by atoms with Crippen molar-refractivity contribution in [2.24, 2.45) is 0 Å². The Hall–Kier alpha value is -1.13. The first-order valence-electron chi connectivity index (χ1n) is 4.66. The van der Waals surface area contributed by atoms with Crippen LogP contribution in [0.4, 0.5) is 0 Å². The number of hydrogen-bond donors (Lipinski definition) is 0. The van der Waals surface area contributed by atoms with E-state index in [2.05, 4.69) is 37.2 Å². The summed E-state index contributed by atoms with van der Waals surface area (Å²) in [5.74, 6) is 6.09. The SMILES string of the molecule is CCC#C/C=C(\SC)c1ccccc1. The maximum atomic E-state index is 3.05. The molecule has 0 bridgehead atoms. The highest BCUT2D eigenvalue weighted by molar-refractivity contribution is 8.07. The van der Waals surface area contributed by atoms with Crippen molar-refractivity contribution >= 4 is 16.7 Å². The topological polar surface area (TPSA) is 0 Å². The summed E-state index contributed by atoms with van der Waals surface area (Å²) in [6.07, 6.45) is 4.98. The molecule has 14 heavy (non-hydrogen) atoms. The maximum absolute atomic E-state index is 3.05. The van der Waals surface area contributed by atoms with E-state index in [1.807, 2.05) is 24.3 Å². The summed E-state index contributed by atoms with van der Waals surface area (Å²) >= 11 is 1.73. The highest BCUT2D eigenvalue weighted by atomic mass is 32.2. The van der Waals surface area contributed by atoms with Gasteiger partial charge in [0, 0.05) is 17.4 Å². The first-order valence-corrected chi connectivity index (χ1v) is 5.89. The van der Waals surface area contributed by atoms with Crippen LogP contribution in [0.25, 0.3) is 4.91 Å². The Bertz CT molecular complexity index is 352. The number of rotatable bonds is 2. The second-order valence-corrected chi connectivity index (χ2v) is 3.60. The fourth-order valence-electron chi connectivity index (χ4n) is 1.08. The molecule has 0 unspecified atom stereocenters. The van der Waals surface area contributed by atoms with Crippen LogP contribution in [0.15, 0.2) is 36.4 Å². The molecule has 0 aliphatic carbocycles. The van der Waals surface area contributed by atoms with E-state index in [0.29, 0.717) is 0 Å². The Morgan fingerprint density at radius 3 is 2.64 bits per heavy atom. The van der Waals surface area contributed by atoms with Gasteiger partial charge >= 0.3 is 0 Å². The van der Waals surface area contributed by atoms with Gasteiger partial charge < -0.3 is 0 Å². The molecule has 0 amide bonds. The third-order valence-corrected chi connectivity index (χ3v) is 2.55. The molecular formula is C13H14S. The molecule has 0 saturated heterocycles. The zero-order valence-electron chi connectivity index (χ0n) is 8.58. The minimum absolute atomic E-state index is 0.910. The quantitative estimate of drug-likeness (QED) is 0.657. The van der Waals surface area contributed by atoms with E-state index < -0.39 is 0 Å². The van der Waals surface area contributed by atoms with Crippen molar-refractivity contribution < 1.29 is 0 Å². The van der Waals surface area contributed by atoms with Gasteiger partial charge in [-0.05, 0) is 11.8 Å². The van der Waals surface area contributed by atoms with Gasteiger partial charge in [-0.3, -0.25) is 0 Å². The molecule has 0 atom stereocenters. The van der Waals surface area contributed by atoms with Gasteiger partial charge in [0.1, 0.15) is 0 Å². The molecule has 1 rings (SSSR count). The van der Waals surface area contributed by atoms with Crippen LogP contribution >= 0.6 is 11.8 Å². The van der Waals surface area contributed by atoms with Crippen LogP contribution in [0, 0.1) is 11.8 Å². The summed E-state index contributed by atoms with van der Waals surface area (Å²) in [6, 6.07) is 10.3. The van der Waals surface area contributed by atoms with Gasteiger partial charge in [-0.25, -0.2) is 0 Å². The second-order valence-electron chi connectivity index (χ2n) is 2.75. The van der Waals surface area contributed by atoms with E-state index in [0.717, 1.165) is 6.42 Å². The van der Waals surface area contributed by atoms with Gasteiger partial charge in [-0.15, -0.1) is 11.8 Å². The van der Waals surface area contributed by atoms with E-state index in [1.54, 1.807) is 11.8 Å². The number of thioether (sulfide) groups is 1. The lowest BCUT2D eigenvalue weighted by atomic mass is 10.2. The van der Waals surface area contributed by atoms with E-state index in [-0.39, 0.29) is 0 Å². The molecule has 1 aromatic carbocycles. The van der Waals surface area contributed by atoms with Crippen LogP contribution in [-0.4, -0.2) is 6.26 Å². The standard InChI is InChI=1S/C13H14S/c1-3-4-6-11-13(14-2)12-9-7-5-8-10-12/h5,7-11H,3H2,1-2H3/b13-11-. The third-order valence-electron chi connectivity index (χ3n) is 1.76. The molecule has 72 valence electrons. The van der Waals surface area contributed by atoms with Gasteiger partial charge in [0.05, 0.1) is 0 Å². The Morgan fingerprint density at radius 2 is 2.07 bits per heavy atom. The molecule has 0 aromatic heterocycles. The van der Waals surface area contributed by atoms with E-state index >= 15 is 0 Å². The van der Waals surface area contributed by atoms with Crippen LogP contribution in [0.3, 0.4) is 0 Å². The average molecular weight is 202 g/mol. The van der Waals surface area contributed by atoms with Gasteiger partial charge in [0.2, 0.25) is 0 Å². The van der Waals surface area contributed by atoms with E-state index in [1.165, 1.54) is 10.5 Å².